The van der Waals surface area contributed by atoms with E-state index in [0.717, 1.165) is 38.0 Å². The van der Waals surface area contributed by atoms with Gasteiger partial charge in [0, 0.05) is 5.92 Å². The van der Waals surface area contributed by atoms with Crippen LogP contribution in [0.15, 0.2) is 78.9 Å². The molecule has 0 amide bonds. The quantitative estimate of drug-likeness (QED) is 0.197. The number of nitrogen functional groups attached to an aromatic ring is 3. The van der Waals surface area contributed by atoms with Crippen LogP contribution < -0.4 is 22.7 Å². The first-order valence-corrected chi connectivity index (χ1v) is 12.9. The number of piperidine rings is 1. The van der Waals surface area contributed by atoms with Crippen molar-refractivity contribution in [2.45, 2.75) is 37.5 Å². The number of rotatable bonds is 8. The number of hydrogen-bond donors (Lipinski definition) is 4. The Bertz CT molecular complexity index is 1300. The van der Waals surface area contributed by atoms with Gasteiger partial charge in [-0.3, -0.25) is 0 Å². The second kappa shape index (κ2) is 11.0. The molecule has 1 saturated heterocycles. The van der Waals surface area contributed by atoms with E-state index in [1.807, 2.05) is 12.1 Å². The maximum atomic E-state index is 6.45. The number of likely N-dealkylation sites (tertiary alicyclic amines) is 1. The minimum Gasteiger partial charge on any atom is -0.395 e. The molecule has 4 aromatic rings. The number of anilines is 3. The number of fused-ring (bicyclic) bond motifs is 1. The lowest BCUT2D eigenvalue weighted by molar-refractivity contribution is 0.208. The first kappa shape index (κ1) is 24.1. The summed E-state index contributed by atoms with van der Waals surface area (Å²) < 4.78 is 0. The van der Waals surface area contributed by atoms with Crippen molar-refractivity contribution in [2.75, 3.05) is 36.5 Å². The van der Waals surface area contributed by atoms with Crippen LogP contribution in [0.1, 0.15) is 54.2 Å². The Morgan fingerprint density at radius 3 is 2.36 bits per heavy atom. The molecule has 1 aromatic heterocycles. The predicted octanol–water partition coefficient (Wildman–Crippen LogP) is 5.48. The van der Waals surface area contributed by atoms with Gasteiger partial charge in [-0.25, -0.2) is 10.8 Å². The van der Waals surface area contributed by atoms with E-state index >= 15 is 0 Å². The van der Waals surface area contributed by atoms with Gasteiger partial charge in [0.15, 0.2) is 5.82 Å². The van der Waals surface area contributed by atoms with Gasteiger partial charge in [-0.1, -0.05) is 72.8 Å². The van der Waals surface area contributed by atoms with E-state index in [1.165, 1.54) is 34.7 Å². The molecule has 2 heterocycles. The minimum atomic E-state index is 0.138. The van der Waals surface area contributed by atoms with E-state index in [1.54, 1.807) is 0 Å². The lowest BCUT2D eigenvalue weighted by atomic mass is 9.86. The normalized spacial score (nSPS) is 15.7. The van der Waals surface area contributed by atoms with Gasteiger partial charge < -0.3 is 21.8 Å². The van der Waals surface area contributed by atoms with Gasteiger partial charge in [-0.2, -0.15) is 0 Å². The Hall–Kier alpha value is -3.61. The molecular weight excluding hydrogens is 444 g/mol. The molecule has 3 aromatic carbocycles. The average Bonchev–Trinajstić information content (AvgIpc) is 2.93. The largest absolute Gasteiger partial charge is 0.395 e. The SMILES string of the molecule is NNc1nc(N)cc(C(CCCN2CCC(c3ccc4ccccc4c3)CC2)c2ccccc2)c1N. The summed E-state index contributed by atoms with van der Waals surface area (Å²) in [7, 11) is 0. The highest BCUT2D eigenvalue weighted by atomic mass is 15.3. The molecule has 1 atom stereocenters. The van der Waals surface area contributed by atoms with Gasteiger partial charge in [0.25, 0.3) is 0 Å². The summed E-state index contributed by atoms with van der Waals surface area (Å²) in [5, 5.41) is 2.66. The van der Waals surface area contributed by atoms with Crippen LogP contribution in [-0.2, 0) is 0 Å². The van der Waals surface area contributed by atoms with Crippen LogP contribution in [0.4, 0.5) is 17.3 Å². The van der Waals surface area contributed by atoms with Gasteiger partial charge in [-0.05, 0) is 84.8 Å². The Morgan fingerprint density at radius 2 is 1.61 bits per heavy atom. The molecular formula is C30H36N6. The summed E-state index contributed by atoms with van der Waals surface area (Å²) in [4.78, 5) is 6.85. The van der Waals surface area contributed by atoms with E-state index < -0.39 is 0 Å². The third-order valence-corrected chi connectivity index (χ3v) is 7.62. The second-order valence-corrected chi connectivity index (χ2v) is 9.87. The standard InChI is InChI=1S/C30H36N6/c31-28-20-27(29(32)30(34-28)35-33)26(23-8-2-1-3-9-23)11-6-16-36-17-14-22(15-18-36)25-13-12-21-7-4-5-10-24(21)19-25/h1-5,7-10,12-13,19-20,22,26H,6,11,14-18,32-33H2,(H3,31,34,35). The molecule has 0 bridgehead atoms. The van der Waals surface area contributed by atoms with Crippen molar-refractivity contribution in [2.24, 2.45) is 5.84 Å². The van der Waals surface area contributed by atoms with Crippen LogP contribution in [-0.4, -0.2) is 29.5 Å². The lowest BCUT2D eigenvalue weighted by Crippen LogP contribution is -2.33. The second-order valence-electron chi connectivity index (χ2n) is 9.87. The maximum Gasteiger partial charge on any atom is 0.165 e. The Labute approximate surface area is 213 Å². The topological polar surface area (TPSA) is 106 Å². The molecule has 186 valence electrons. The van der Waals surface area contributed by atoms with Crippen molar-refractivity contribution < 1.29 is 0 Å². The Morgan fingerprint density at radius 1 is 0.889 bits per heavy atom. The molecule has 0 saturated carbocycles. The molecule has 1 aliphatic heterocycles. The number of aromatic nitrogens is 1. The van der Waals surface area contributed by atoms with E-state index in [-0.39, 0.29) is 5.92 Å². The zero-order valence-corrected chi connectivity index (χ0v) is 20.7. The predicted molar refractivity (Wildman–Crippen MR) is 151 cm³/mol. The number of pyridine rings is 1. The summed E-state index contributed by atoms with van der Waals surface area (Å²) >= 11 is 0. The number of nitrogens with one attached hydrogen (secondary N) is 1. The molecule has 6 heteroatoms. The van der Waals surface area contributed by atoms with Crippen LogP contribution in [0.3, 0.4) is 0 Å². The fourth-order valence-corrected chi connectivity index (χ4v) is 5.65. The fraction of sp³-hybridized carbons (Fsp3) is 0.300. The zero-order chi connectivity index (χ0) is 24.9. The first-order chi connectivity index (χ1) is 17.6. The van der Waals surface area contributed by atoms with Gasteiger partial charge in [0.1, 0.15) is 5.82 Å². The fourth-order valence-electron chi connectivity index (χ4n) is 5.65. The number of hydrazine groups is 1. The molecule has 1 aliphatic rings. The van der Waals surface area contributed by atoms with Gasteiger partial charge in [0.2, 0.25) is 0 Å². The number of hydrogen-bond acceptors (Lipinski definition) is 6. The van der Waals surface area contributed by atoms with Crippen molar-refractivity contribution >= 4 is 28.1 Å². The highest BCUT2D eigenvalue weighted by Crippen LogP contribution is 2.37. The molecule has 5 rings (SSSR count). The van der Waals surface area contributed by atoms with Gasteiger partial charge in [0.05, 0.1) is 5.69 Å². The van der Waals surface area contributed by atoms with Gasteiger partial charge >= 0.3 is 0 Å². The molecule has 1 unspecified atom stereocenters. The van der Waals surface area contributed by atoms with Crippen LogP contribution >= 0.6 is 0 Å². The molecule has 1 fully saturated rings. The highest BCUT2D eigenvalue weighted by Gasteiger charge is 2.23. The van der Waals surface area contributed by atoms with Crippen molar-refractivity contribution in [1.29, 1.82) is 0 Å². The van der Waals surface area contributed by atoms with Crippen LogP contribution in [0, 0.1) is 0 Å². The summed E-state index contributed by atoms with van der Waals surface area (Å²) in [6.07, 6.45) is 4.47. The number of benzene rings is 3. The van der Waals surface area contributed by atoms with E-state index in [4.69, 9.17) is 17.3 Å². The third-order valence-electron chi connectivity index (χ3n) is 7.62. The zero-order valence-electron chi connectivity index (χ0n) is 20.7. The van der Waals surface area contributed by atoms with Crippen LogP contribution in [0.25, 0.3) is 10.8 Å². The Balaban J connectivity index is 1.22. The van der Waals surface area contributed by atoms with E-state index in [2.05, 4.69) is 82.0 Å². The molecule has 0 aliphatic carbocycles. The smallest absolute Gasteiger partial charge is 0.165 e. The first-order valence-electron chi connectivity index (χ1n) is 12.9. The summed E-state index contributed by atoms with van der Waals surface area (Å²) in [6, 6.07) is 28.0. The van der Waals surface area contributed by atoms with E-state index in [0.29, 0.717) is 23.2 Å². The third kappa shape index (κ3) is 5.30. The summed E-state index contributed by atoms with van der Waals surface area (Å²) in [5.41, 5.74) is 19.4. The summed E-state index contributed by atoms with van der Waals surface area (Å²) in [6.45, 7) is 3.36. The number of nitrogens with two attached hydrogens (primary N) is 3. The van der Waals surface area contributed by atoms with Crippen molar-refractivity contribution in [1.82, 2.24) is 9.88 Å². The molecule has 0 radical (unpaired) electrons. The number of nitrogens with zero attached hydrogens (tertiary/aromatic N) is 2. The van der Waals surface area contributed by atoms with Crippen LogP contribution in [0.5, 0.6) is 0 Å². The van der Waals surface area contributed by atoms with Crippen LogP contribution in [0.2, 0.25) is 0 Å². The highest BCUT2D eigenvalue weighted by molar-refractivity contribution is 5.83. The molecule has 7 N–H and O–H groups in total. The lowest BCUT2D eigenvalue weighted by Gasteiger charge is -2.32. The van der Waals surface area contributed by atoms with Gasteiger partial charge in [-0.15, -0.1) is 0 Å². The average molecular weight is 481 g/mol. The van der Waals surface area contributed by atoms with Crippen molar-refractivity contribution in [3.8, 4) is 0 Å². The van der Waals surface area contributed by atoms with Crippen molar-refractivity contribution in [3.63, 3.8) is 0 Å². The molecule has 36 heavy (non-hydrogen) atoms. The summed E-state index contributed by atoms with van der Waals surface area (Å²) in [5.74, 6) is 7.28. The van der Waals surface area contributed by atoms with E-state index in [9.17, 15) is 0 Å². The Kier molecular flexibility index (Phi) is 7.35. The maximum absolute atomic E-state index is 6.45. The molecule has 6 nitrogen and oxygen atoms in total. The monoisotopic (exact) mass is 480 g/mol. The molecule has 0 spiro atoms. The minimum absolute atomic E-state index is 0.138. The van der Waals surface area contributed by atoms with Crippen molar-refractivity contribution in [3.05, 3.63) is 95.6 Å².